The van der Waals surface area contributed by atoms with Gasteiger partial charge in [-0.15, -0.1) is 0 Å². The molecule has 19 heavy (non-hydrogen) atoms. The van der Waals surface area contributed by atoms with Crippen LogP contribution in [0.15, 0.2) is 21.2 Å². The van der Waals surface area contributed by atoms with Crippen LogP contribution in [0.1, 0.15) is 30.8 Å². The van der Waals surface area contributed by atoms with E-state index in [0.29, 0.717) is 11.1 Å². The number of carbonyl (C=O) groups excluding carboxylic acids is 2. The molecule has 1 aromatic rings. The van der Waals surface area contributed by atoms with Crippen LogP contribution in [0.2, 0.25) is 0 Å². The van der Waals surface area contributed by atoms with Gasteiger partial charge in [0.05, 0.1) is 12.6 Å². The molecule has 7 heteroatoms. The molecule has 3 N–H and O–H groups in total. The number of amides is 2. The molecule has 2 amide bonds. The van der Waals surface area contributed by atoms with Crippen LogP contribution < -0.4 is 10.6 Å². The van der Waals surface area contributed by atoms with Crippen molar-refractivity contribution in [1.29, 1.82) is 0 Å². The van der Waals surface area contributed by atoms with Gasteiger partial charge in [-0.2, -0.15) is 0 Å². The van der Waals surface area contributed by atoms with Crippen molar-refractivity contribution in [2.75, 3.05) is 6.54 Å². The van der Waals surface area contributed by atoms with Crippen molar-refractivity contribution in [2.45, 2.75) is 32.4 Å². The molecule has 0 radical (unpaired) electrons. The van der Waals surface area contributed by atoms with Gasteiger partial charge in [0.25, 0.3) is 5.91 Å². The van der Waals surface area contributed by atoms with E-state index in [1.54, 1.807) is 19.9 Å². The van der Waals surface area contributed by atoms with Gasteiger partial charge in [-0.1, -0.05) is 0 Å². The SMILES string of the molecule is CC(O)CC(C)NC(=O)CNC(=O)c1ccc(Br)o1. The molecule has 2 atom stereocenters. The summed E-state index contributed by atoms with van der Waals surface area (Å²) in [4.78, 5) is 23.1. The summed E-state index contributed by atoms with van der Waals surface area (Å²) in [5, 5.41) is 14.3. The fraction of sp³-hybridized carbons (Fsp3) is 0.500. The highest BCUT2D eigenvalue weighted by atomic mass is 79.9. The van der Waals surface area contributed by atoms with Gasteiger partial charge in [-0.05, 0) is 48.3 Å². The second-order valence-electron chi connectivity index (χ2n) is 4.34. The van der Waals surface area contributed by atoms with Crippen molar-refractivity contribution in [1.82, 2.24) is 10.6 Å². The Balaban J connectivity index is 2.32. The van der Waals surface area contributed by atoms with Crippen LogP contribution in [0.5, 0.6) is 0 Å². The molecule has 6 nitrogen and oxygen atoms in total. The minimum atomic E-state index is -0.481. The lowest BCUT2D eigenvalue weighted by Gasteiger charge is -2.15. The normalized spacial score (nSPS) is 13.7. The van der Waals surface area contributed by atoms with Gasteiger partial charge < -0.3 is 20.2 Å². The van der Waals surface area contributed by atoms with E-state index in [1.165, 1.54) is 6.07 Å². The van der Waals surface area contributed by atoms with Crippen LogP contribution >= 0.6 is 15.9 Å². The minimum Gasteiger partial charge on any atom is -0.444 e. The smallest absolute Gasteiger partial charge is 0.287 e. The number of hydrogen-bond acceptors (Lipinski definition) is 4. The first-order chi connectivity index (χ1) is 8.88. The number of nitrogens with one attached hydrogen (secondary N) is 2. The van der Waals surface area contributed by atoms with Gasteiger partial charge in [0.2, 0.25) is 5.91 Å². The number of carbonyl (C=O) groups is 2. The fourth-order valence-corrected chi connectivity index (χ4v) is 1.89. The van der Waals surface area contributed by atoms with Crippen LogP contribution in [-0.4, -0.2) is 35.6 Å². The molecular weight excluding hydrogens is 316 g/mol. The predicted octanol–water partition coefficient (Wildman–Crippen LogP) is 1.05. The van der Waals surface area contributed by atoms with E-state index in [9.17, 15) is 9.59 Å². The maximum absolute atomic E-state index is 11.6. The van der Waals surface area contributed by atoms with Crippen LogP contribution in [0.4, 0.5) is 0 Å². The molecule has 0 aliphatic rings. The Morgan fingerprint density at radius 1 is 1.42 bits per heavy atom. The van der Waals surface area contributed by atoms with Gasteiger partial charge >= 0.3 is 0 Å². The highest BCUT2D eigenvalue weighted by molar-refractivity contribution is 9.10. The van der Waals surface area contributed by atoms with Gasteiger partial charge in [-0.3, -0.25) is 9.59 Å². The Morgan fingerprint density at radius 2 is 2.11 bits per heavy atom. The molecule has 0 fully saturated rings. The maximum atomic E-state index is 11.6. The third-order valence-corrected chi connectivity index (χ3v) is 2.73. The van der Waals surface area contributed by atoms with E-state index < -0.39 is 12.0 Å². The van der Waals surface area contributed by atoms with Crippen molar-refractivity contribution < 1.29 is 19.1 Å². The summed E-state index contributed by atoms with van der Waals surface area (Å²) < 4.78 is 5.50. The molecule has 0 aliphatic heterocycles. The Kier molecular flexibility index (Phi) is 6.04. The zero-order valence-corrected chi connectivity index (χ0v) is 12.4. The maximum Gasteiger partial charge on any atom is 0.287 e. The lowest BCUT2D eigenvalue weighted by Crippen LogP contribution is -2.41. The quantitative estimate of drug-likeness (QED) is 0.726. The summed E-state index contributed by atoms with van der Waals surface area (Å²) in [6, 6.07) is 2.95. The van der Waals surface area contributed by atoms with Crippen molar-refractivity contribution in [3.63, 3.8) is 0 Å². The third kappa shape index (κ3) is 5.89. The highest BCUT2D eigenvalue weighted by Gasteiger charge is 2.13. The van der Waals surface area contributed by atoms with E-state index in [1.807, 2.05) is 0 Å². The first-order valence-electron chi connectivity index (χ1n) is 5.89. The van der Waals surface area contributed by atoms with Crippen LogP contribution in [0.25, 0.3) is 0 Å². The molecule has 0 aliphatic carbocycles. The number of furan rings is 1. The predicted molar refractivity (Wildman–Crippen MR) is 72.6 cm³/mol. The van der Waals surface area contributed by atoms with Gasteiger partial charge in [-0.25, -0.2) is 0 Å². The van der Waals surface area contributed by atoms with E-state index in [-0.39, 0.29) is 24.3 Å². The zero-order valence-electron chi connectivity index (χ0n) is 10.8. The molecule has 106 valence electrons. The Morgan fingerprint density at radius 3 is 2.63 bits per heavy atom. The molecule has 1 rings (SSSR count). The fourth-order valence-electron chi connectivity index (χ4n) is 1.58. The van der Waals surface area contributed by atoms with E-state index >= 15 is 0 Å². The van der Waals surface area contributed by atoms with E-state index in [2.05, 4.69) is 26.6 Å². The van der Waals surface area contributed by atoms with Crippen molar-refractivity contribution in [2.24, 2.45) is 0 Å². The summed E-state index contributed by atoms with van der Waals surface area (Å²) in [5.41, 5.74) is 0. The van der Waals surface area contributed by atoms with Crippen molar-refractivity contribution in [3.8, 4) is 0 Å². The molecule has 1 heterocycles. The Bertz CT molecular complexity index is 445. The molecule has 2 unspecified atom stereocenters. The standard InChI is InChI=1S/C12H17BrN2O4/c1-7(5-8(2)16)15-11(17)6-14-12(18)9-3-4-10(13)19-9/h3-4,7-8,16H,5-6H2,1-2H3,(H,14,18)(H,15,17). The average molecular weight is 333 g/mol. The largest absolute Gasteiger partial charge is 0.444 e. The average Bonchev–Trinajstić information content (AvgIpc) is 2.71. The molecule has 0 aromatic carbocycles. The van der Waals surface area contributed by atoms with Gasteiger partial charge in [0.1, 0.15) is 0 Å². The first kappa shape index (κ1) is 15.7. The number of aliphatic hydroxyl groups excluding tert-OH is 1. The van der Waals surface area contributed by atoms with Crippen LogP contribution in [-0.2, 0) is 4.79 Å². The van der Waals surface area contributed by atoms with Gasteiger partial charge in [0, 0.05) is 6.04 Å². The lowest BCUT2D eigenvalue weighted by molar-refractivity contribution is -0.120. The molecular formula is C12H17BrN2O4. The summed E-state index contributed by atoms with van der Waals surface area (Å²) >= 11 is 3.09. The summed E-state index contributed by atoms with van der Waals surface area (Å²) in [7, 11) is 0. The topological polar surface area (TPSA) is 91.6 Å². The summed E-state index contributed by atoms with van der Waals surface area (Å²) in [6.07, 6.45) is -0.0180. The first-order valence-corrected chi connectivity index (χ1v) is 6.68. The number of rotatable bonds is 6. The van der Waals surface area contributed by atoms with Gasteiger partial charge in [0.15, 0.2) is 10.4 Å². The zero-order chi connectivity index (χ0) is 14.4. The Labute approximate surface area is 119 Å². The molecule has 0 spiro atoms. The van der Waals surface area contributed by atoms with Crippen LogP contribution in [0.3, 0.4) is 0 Å². The minimum absolute atomic E-state index is 0.136. The second kappa shape index (κ2) is 7.30. The number of hydrogen-bond donors (Lipinski definition) is 3. The number of aliphatic hydroxyl groups is 1. The number of halogens is 1. The lowest BCUT2D eigenvalue weighted by atomic mass is 10.1. The molecule has 0 bridgehead atoms. The summed E-state index contributed by atoms with van der Waals surface area (Å²) in [6.45, 7) is 3.30. The van der Waals surface area contributed by atoms with Crippen molar-refractivity contribution >= 4 is 27.7 Å². The van der Waals surface area contributed by atoms with E-state index in [0.717, 1.165) is 0 Å². The third-order valence-electron chi connectivity index (χ3n) is 2.31. The molecule has 0 saturated carbocycles. The highest BCUT2D eigenvalue weighted by Crippen LogP contribution is 2.13. The van der Waals surface area contributed by atoms with Crippen molar-refractivity contribution in [3.05, 3.63) is 22.6 Å². The molecule has 0 saturated heterocycles. The van der Waals surface area contributed by atoms with Crippen LogP contribution in [0, 0.1) is 0 Å². The second-order valence-corrected chi connectivity index (χ2v) is 5.12. The monoisotopic (exact) mass is 332 g/mol. The molecule has 1 aromatic heterocycles. The van der Waals surface area contributed by atoms with E-state index in [4.69, 9.17) is 9.52 Å². The summed E-state index contributed by atoms with van der Waals surface area (Å²) in [5.74, 6) is -0.632. The Hall–Kier alpha value is -1.34.